The molecule has 1 aromatic carbocycles. The fourth-order valence-corrected chi connectivity index (χ4v) is 3.53. The third kappa shape index (κ3) is 2.66. The number of anilines is 1. The number of aryl methyl sites for hydroxylation is 1. The zero-order valence-corrected chi connectivity index (χ0v) is 13.7. The van der Waals surface area contributed by atoms with Gasteiger partial charge in [-0.2, -0.15) is 5.10 Å². The highest BCUT2D eigenvalue weighted by atomic mass is 16.1. The number of rotatable bonds is 3. The average Bonchev–Trinajstić information content (AvgIpc) is 3.05. The first-order valence-corrected chi connectivity index (χ1v) is 8.37. The molecule has 1 atom stereocenters. The third-order valence-corrected chi connectivity index (χ3v) is 4.75. The molecular weight excluding hydrogens is 300 g/mol. The minimum absolute atomic E-state index is 0.0491. The van der Waals surface area contributed by atoms with Gasteiger partial charge in [0.05, 0.1) is 18.1 Å². The molecule has 0 amide bonds. The number of hydrogen-bond acceptors (Lipinski definition) is 4. The van der Waals surface area contributed by atoms with Crippen molar-refractivity contribution < 1.29 is 0 Å². The first-order chi connectivity index (χ1) is 11.7. The Bertz CT molecular complexity index is 934. The van der Waals surface area contributed by atoms with E-state index < -0.39 is 0 Å². The van der Waals surface area contributed by atoms with E-state index in [0.717, 1.165) is 30.7 Å². The first-order valence-electron chi connectivity index (χ1n) is 8.37. The van der Waals surface area contributed by atoms with Crippen molar-refractivity contribution in [2.75, 3.05) is 11.4 Å². The first kappa shape index (κ1) is 14.9. The van der Waals surface area contributed by atoms with Crippen molar-refractivity contribution in [1.82, 2.24) is 14.8 Å². The highest BCUT2D eigenvalue weighted by molar-refractivity contribution is 5.83. The van der Waals surface area contributed by atoms with E-state index in [9.17, 15) is 4.79 Å². The molecule has 0 spiro atoms. The molecule has 5 heteroatoms. The van der Waals surface area contributed by atoms with Crippen molar-refractivity contribution in [3.05, 3.63) is 64.6 Å². The van der Waals surface area contributed by atoms with E-state index in [2.05, 4.69) is 35.1 Å². The summed E-state index contributed by atoms with van der Waals surface area (Å²) in [6, 6.07) is 13.9. The fraction of sp³-hybridized carbons (Fsp3) is 0.316. The summed E-state index contributed by atoms with van der Waals surface area (Å²) in [6.45, 7) is 3.70. The van der Waals surface area contributed by atoms with Crippen molar-refractivity contribution in [3.8, 4) is 0 Å². The molecule has 3 heterocycles. The van der Waals surface area contributed by atoms with Crippen LogP contribution in [0, 0.1) is 6.92 Å². The highest BCUT2D eigenvalue weighted by Gasteiger charge is 2.27. The molecule has 5 nitrogen and oxygen atoms in total. The maximum absolute atomic E-state index is 11.9. The molecule has 1 fully saturated rings. The van der Waals surface area contributed by atoms with Gasteiger partial charge < -0.3 is 4.90 Å². The van der Waals surface area contributed by atoms with Gasteiger partial charge in [0.1, 0.15) is 5.82 Å². The summed E-state index contributed by atoms with van der Waals surface area (Å²) < 4.78 is 1.55. The number of fused-ring (bicyclic) bond motifs is 1. The minimum atomic E-state index is -0.0491. The van der Waals surface area contributed by atoms with Crippen LogP contribution in [0.1, 0.15) is 18.4 Å². The van der Waals surface area contributed by atoms with E-state index in [1.54, 1.807) is 23.0 Å². The highest BCUT2D eigenvalue weighted by Crippen LogP contribution is 2.28. The number of hydrogen-bond donors (Lipinski definition) is 0. The maximum Gasteiger partial charge on any atom is 0.266 e. The number of nitrogens with zero attached hydrogens (tertiary/aromatic N) is 4. The predicted octanol–water partition coefficient (Wildman–Crippen LogP) is 2.77. The molecule has 4 rings (SSSR count). The van der Waals surface area contributed by atoms with E-state index in [4.69, 9.17) is 4.98 Å². The Morgan fingerprint density at radius 3 is 2.96 bits per heavy atom. The van der Waals surface area contributed by atoms with E-state index >= 15 is 0 Å². The van der Waals surface area contributed by atoms with Crippen LogP contribution < -0.4 is 10.5 Å². The fourth-order valence-electron chi connectivity index (χ4n) is 3.53. The second-order valence-electron chi connectivity index (χ2n) is 6.35. The van der Waals surface area contributed by atoms with Crippen molar-refractivity contribution in [1.29, 1.82) is 0 Å². The molecule has 2 aromatic heterocycles. The standard InChI is InChI=1S/C19H20N4O/c1-14-12-18(21-17-8-3-2-7-16(14)17)22-11-5-6-15(22)13-23-19(24)9-4-10-20-23/h2-4,7-10,12,15H,5-6,11,13H2,1H3. The van der Waals surface area contributed by atoms with Crippen LogP contribution in [0.15, 0.2) is 53.5 Å². The molecular formula is C19H20N4O. The number of pyridine rings is 1. The van der Waals surface area contributed by atoms with Crippen molar-refractivity contribution in [2.45, 2.75) is 32.4 Å². The van der Waals surface area contributed by atoms with Crippen LogP contribution in [0.5, 0.6) is 0 Å². The lowest BCUT2D eigenvalue weighted by atomic mass is 10.1. The Balaban J connectivity index is 1.68. The molecule has 122 valence electrons. The van der Waals surface area contributed by atoms with Gasteiger partial charge in [-0.15, -0.1) is 0 Å². The summed E-state index contributed by atoms with van der Waals surface area (Å²) in [7, 11) is 0. The van der Waals surface area contributed by atoms with Gasteiger partial charge >= 0.3 is 0 Å². The number of para-hydroxylation sites is 1. The second kappa shape index (κ2) is 6.07. The Kier molecular flexibility index (Phi) is 3.76. The normalized spacial score (nSPS) is 17.5. The lowest BCUT2D eigenvalue weighted by Crippen LogP contribution is -2.37. The van der Waals surface area contributed by atoms with Gasteiger partial charge in [0, 0.05) is 24.2 Å². The van der Waals surface area contributed by atoms with E-state index in [0.29, 0.717) is 6.54 Å². The molecule has 0 saturated carbocycles. The quantitative estimate of drug-likeness (QED) is 0.744. The van der Waals surface area contributed by atoms with Crippen LogP contribution in [-0.4, -0.2) is 27.4 Å². The largest absolute Gasteiger partial charge is 0.352 e. The van der Waals surface area contributed by atoms with Crippen LogP contribution in [0.25, 0.3) is 10.9 Å². The summed E-state index contributed by atoms with van der Waals surface area (Å²) in [4.78, 5) is 19.1. The number of aromatic nitrogens is 3. The van der Waals surface area contributed by atoms with Gasteiger partial charge in [-0.05, 0) is 43.5 Å². The van der Waals surface area contributed by atoms with Gasteiger partial charge in [0.2, 0.25) is 0 Å². The van der Waals surface area contributed by atoms with Crippen molar-refractivity contribution in [3.63, 3.8) is 0 Å². The Morgan fingerprint density at radius 2 is 2.08 bits per heavy atom. The van der Waals surface area contributed by atoms with Gasteiger partial charge in [-0.25, -0.2) is 9.67 Å². The average molecular weight is 320 g/mol. The molecule has 0 bridgehead atoms. The van der Waals surface area contributed by atoms with Crippen LogP contribution in [0.4, 0.5) is 5.82 Å². The zero-order chi connectivity index (χ0) is 16.5. The van der Waals surface area contributed by atoms with Gasteiger partial charge in [-0.3, -0.25) is 4.79 Å². The molecule has 24 heavy (non-hydrogen) atoms. The lowest BCUT2D eigenvalue weighted by Gasteiger charge is -2.26. The van der Waals surface area contributed by atoms with Crippen molar-refractivity contribution in [2.24, 2.45) is 0 Å². The molecule has 1 unspecified atom stereocenters. The van der Waals surface area contributed by atoms with E-state index in [-0.39, 0.29) is 11.6 Å². The Hall–Kier alpha value is -2.69. The SMILES string of the molecule is Cc1cc(N2CCCC2Cn2ncccc2=O)nc2ccccc12. The summed E-state index contributed by atoms with van der Waals surface area (Å²) in [5, 5.41) is 5.39. The van der Waals surface area contributed by atoms with Crippen LogP contribution in [-0.2, 0) is 6.54 Å². The minimum Gasteiger partial charge on any atom is -0.352 e. The van der Waals surface area contributed by atoms with Gasteiger partial charge in [-0.1, -0.05) is 18.2 Å². The molecule has 0 aliphatic carbocycles. The third-order valence-electron chi connectivity index (χ3n) is 4.75. The molecule has 3 aromatic rings. The summed E-state index contributed by atoms with van der Waals surface area (Å²) in [5.74, 6) is 0.998. The van der Waals surface area contributed by atoms with Gasteiger partial charge in [0.25, 0.3) is 5.56 Å². The zero-order valence-electron chi connectivity index (χ0n) is 13.7. The molecule has 0 N–H and O–H groups in total. The van der Waals surface area contributed by atoms with Gasteiger partial charge in [0.15, 0.2) is 0 Å². The molecule has 0 radical (unpaired) electrons. The van der Waals surface area contributed by atoms with E-state index in [1.807, 2.05) is 12.1 Å². The van der Waals surface area contributed by atoms with Crippen molar-refractivity contribution >= 4 is 16.7 Å². The summed E-state index contributed by atoms with van der Waals surface area (Å²) in [6.07, 6.45) is 3.83. The Morgan fingerprint density at radius 1 is 1.21 bits per heavy atom. The van der Waals surface area contributed by atoms with Crippen LogP contribution in [0.3, 0.4) is 0 Å². The maximum atomic E-state index is 11.9. The van der Waals surface area contributed by atoms with E-state index in [1.165, 1.54) is 10.9 Å². The number of benzene rings is 1. The predicted molar refractivity (Wildman–Crippen MR) is 95.3 cm³/mol. The summed E-state index contributed by atoms with van der Waals surface area (Å²) >= 11 is 0. The van der Waals surface area contributed by atoms with Crippen LogP contribution >= 0.6 is 0 Å². The molecule has 1 saturated heterocycles. The van der Waals surface area contributed by atoms with Crippen LogP contribution in [0.2, 0.25) is 0 Å². The summed E-state index contributed by atoms with van der Waals surface area (Å²) in [5.41, 5.74) is 2.21. The Labute approximate surface area is 140 Å². The second-order valence-corrected chi connectivity index (χ2v) is 6.35. The molecule has 1 aliphatic rings. The molecule has 1 aliphatic heterocycles. The topological polar surface area (TPSA) is 51.0 Å². The monoisotopic (exact) mass is 320 g/mol. The smallest absolute Gasteiger partial charge is 0.266 e. The lowest BCUT2D eigenvalue weighted by molar-refractivity contribution is 0.487.